The van der Waals surface area contributed by atoms with Gasteiger partial charge in [0.2, 0.25) is 0 Å². The topological polar surface area (TPSA) is 42.2 Å². The maximum Gasteiger partial charge on any atom is 0.573 e. The zero-order valence-electron chi connectivity index (χ0n) is 10.0. The van der Waals surface area contributed by atoms with Crippen molar-refractivity contribution < 1.29 is 22.6 Å². The molecule has 0 aliphatic carbocycles. The molecule has 102 valence electrons. The quantitative estimate of drug-likeness (QED) is 0.829. The molecule has 19 heavy (non-hydrogen) atoms. The average Bonchev–Trinajstić information content (AvgIpc) is 2.38. The van der Waals surface area contributed by atoms with E-state index in [0.717, 1.165) is 0 Å². The minimum Gasteiger partial charge on any atom is -0.406 e. The summed E-state index contributed by atoms with van der Waals surface area (Å²) < 4.78 is 45.6. The molecule has 1 aliphatic rings. The Balaban J connectivity index is 2.29. The molecule has 1 aromatic rings. The van der Waals surface area contributed by atoms with E-state index in [-0.39, 0.29) is 5.75 Å². The highest BCUT2D eigenvalue weighted by atomic mass is 19.4. The monoisotopic (exact) mass is 271 g/mol. The van der Waals surface area contributed by atoms with Gasteiger partial charge in [-0.05, 0) is 30.5 Å². The number of hydrogen-bond donors (Lipinski definition) is 0. The number of hydrogen-bond acceptors (Lipinski definition) is 3. The first-order chi connectivity index (χ1) is 8.95. The van der Waals surface area contributed by atoms with Crippen LogP contribution in [0.1, 0.15) is 18.4 Å². The molecule has 0 spiro atoms. The number of ether oxygens (including phenoxy) is 2. The maximum atomic E-state index is 12.2. The predicted molar refractivity (Wildman–Crippen MR) is 60.5 cm³/mol. The lowest BCUT2D eigenvalue weighted by molar-refractivity contribution is -0.274. The summed E-state index contributed by atoms with van der Waals surface area (Å²) in [5, 5.41) is 9.35. The lowest BCUT2D eigenvalue weighted by Gasteiger charge is -2.31. The molecule has 1 saturated heterocycles. The summed E-state index contributed by atoms with van der Waals surface area (Å²) >= 11 is 0. The Kier molecular flexibility index (Phi) is 3.67. The molecule has 1 aliphatic heterocycles. The molecule has 0 N–H and O–H groups in total. The fourth-order valence-electron chi connectivity index (χ4n) is 2.18. The van der Waals surface area contributed by atoms with Crippen molar-refractivity contribution in [1.82, 2.24) is 0 Å². The number of rotatable bonds is 2. The second kappa shape index (κ2) is 5.10. The molecule has 1 aromatic carbocycles. The Morgan fingerprint density at radius 1 is 1.26 bits per heavy atom. The van der Waals surface area contributed by atoms with Gasteiger partial charge in [0.15, 0.2) is 0 Å². The first kappa shape index (κ1) is 13.7. The Morgan fingerprint density at radius 2 is 1.95 bits per heavy atom. The maximum absolute atomic E-state index is 12.2. The van der Waals surface area contributed by atoms with Gasteiger partial charge in [-0.25, -0.2) is 0 Å². The number of halogens is 3. The van der Waals surface area contributed by atoms with E-state index in [4.69, 9.17) is 4.74 Å². The highest BCUT2D eigenvalue weighted by Crippen LogP contribution is 2.36. The van der Waals surface area contributed by atoms with E-state index in [1.165, 1.54) is 18.2 Å². The summed E-state index contributed by atoms with van der Waals surface area (Å²) in [4.78, 5) is 0. The lowest BCUT2D eigenvalue weighted by atomic mass is 9.75. The van der Waals surface area contributed by atoms with E-state index < -0.39 is 11.8 Å². The number of nitrogens with zero attached hydrogens (tertiary/aromatic N) is 1. The first-order valence-electron chi connectivity index (χ1n) is 5.80. The Hall–Kier alpha value is -1.74. The zero-order chi connectivity index (χ0) is 13.9. The number of nitriles is 1. The van der Waals surface area contributed by atoms with E-state index in [2.05, 4.69) is 10.8 Å². The first-order valence-corrected chi connectivity index (χ1v) is 5.80. The third-order valence-electron chi connectivity index (χ3n) is 3.18. The van der Waals surface area contributed by atoms with Crippen LogP contribution in [0.3, 0.4) is 0 Å². The molecule has 2 rings (SSSR count). The van der Waals surface area contributed by atoms with Crippen LogP contribution in [0.15, 0.2) is 24.3 Å². The van der Waals surface area contributed by atoms with Gasteiger partial charge in [0, 0.05) is 13.2 Å². The summed E-state index contributed by atoms with van der Waals surface area (Å²) in [6.45, 7) is 0.857. The average molecular weight is 271 g/mol. The summed E-state index contributed by atoms with van der Waals surface area (Å²) in [5.41, 5.74) is -0.247. The van der Waals surface area contributed by atoms with Gasteiger partial charge in [0.05, 0.1) is 11.5 Å². The molecule has 1 fully saturated rings. The molecule has 0 aromatic heterocycles. The van der Waals surface area contributed by atoms with Crippen LogP contribution >= 0.6 is 0 Å². The van der Waals surface area contributed by atoms with E-state index >= 15 is 0 Å². The van der Waals surface area contributed by atoms with Gasteiger partial charge in [-0.15, -0.1) is 13.2 Å². The molecule has 0 radical (unpaired) electrons. The third-order valence-corrected chi connectivity index (χ3v) is 3.18. The van der Waals surface area contributed by atoms with Crippen LogP contribution in [0.5, 0.6) is 5.75 Å². The smallest absolute Gasteiger partial charge is 0.406 e. The van der Waals surface area contributed by atoms with Crippen LogP contribution in [0, 0.1) is 11.3 Å². The van der Waals surface area contributed by atoms with Crippen molar-refractivity contribution in [2.75, 3.05) is 13.2 Å². The van der Waals surface area contributed by atoms with E-state index in [9.17, 15) is 18.4 Å². The minimum atomic E-state index is -4.73. The molecular formula is C13H12F3NO2. The van der Waals surface area contributed by atoms with Crippen molar-refractivity contribution >= 4 is 0 Å². The zero-order valence-corrected chi connectivity index (χ0v) is 10.0. The van der Waals surface area contributed by atoms with E-state index in [1.807, 2.05) is 0 Å². The molecule has 0 unspecified atom stereocenters. The van der Waals surface area contributed by atoms with Gasteiger partial charge in [-0.2, -0.15) is 5.26 Å². The van der Waals surface area contributed by atoms with Gasteiger partial charge >= 0.3 is 6.36 Å². The number of benzene rings is 1. The fourth-order valence-corrected chi connectivity index (χ4v) is 2.18. The SMILES string of the molecule is N#CC1(c2cccc(OC(F)(F)F)c2)CCOCC1. The number of alkyl halides is 3. The highest BCUT2D eigenvalue weighted by Gasteiger charge is 2.36. The fraction of sp³-hybridized carbons (Fsp3) is 0.462. The van der Waals surface area contributed by atoms with Crippen molar-refractivity contribution in [2.45, 2.75) is 24.6 Å². The van der Waals surface area contributed by atoms with Gasteiger partial charge in [-0.1, -0.05) is 12.1 Å². The van der Waals surface area contributed by atoms with Crippen molar-refractivity contribution in [3.8, 4) is 11.8 Å². The second-order valence-corrected chi connectivity index (χ2v) is 4.38. The molecule has 0 bridgehead atoms. The minimum absolute atomic E-state index is 0.300. The largest absolute Gasteiger partial charge is 0.573 e. The molecule has 0 atom stereocenters. The second-order valence-electron chi connectivity index (χ2n) is 4.38. The van der Waals surface area contributed by atoms with Crippen molar-refractivity contribution in [2.24, 2.45) is 0 Å². The molecule has 1 heterocycles. The van der Waals surface area contributed by atoms with Gasteiger partial charge < -0.3 is 9.47 Å². The Labute approximate surface area is 108 Å². The van der Waals surface area contributed by atoms with Crippen molar-refractivity contribution in [3.05, 3.63) is 29.8 Å². The van der Waals surface area contributed by atoms with Crippen LogP contribution < -0.4 is 4.74 Å². The summed E-state index contributed by atoms with van der Waals surface area (Å²) in [5.74, 6) is -0.300. The normalized spacial score (nSPS) is 18.6. The van der Waals surface area contributed by atoms with Crippen LogP contribution in [-0.4, -0.2) is 19.6 Å². The van der Waals surface area contributed by atoms with Crippen LogP contribution in [0.25, 0.3) is 0 Å². The summed E-state index contributed by atoms with van der Waals surface area (Å²) in [7, 11) is 0. The Morgan fingerprint density at radius 3 is 2.53 bits per heavy atom. The third kappa shape index (κ3) is 3.18. The van der Waals surface area contributed by atoms with E-state index in [0.29, 0.717) is 31.6 Å². The van der Waals surface area contributed by atoms with Crippen molar-refractivity contribution in [3.63, 3.8) is 0 Å². The summed E-state index contributed by atoms with van der Waals surface area (Å²) in [6.07, 6.45) is -3.79. The molecule has 0 amide bonds. The van der Waals surface area contributed by atoms with Gasteiger partial charge in [-0.3, -0.25) is 0 Å². The van der Waals surface area contributed by atoms with E-state index in [1.54, 1.807) is 6.07 Å². The van der Waals surface area contributed by atoms with Gasteiger partial charge in [0.25, 0.3) is 0 Å². The van der Waals surface area contributed by atoms with Crippen LogP contribution in [-0.2, 0) is 10.2 Å². The van der Waals surface area contributed by atoms with Crippen LogP contribution in [0.4, 0.5) is 13.2 Å². The van der Waals surface area contributed by atoms with Gasteiger partial charge in [0.1, 0.15) is 5.75 Å². The molecule has 3 nitrogen and oxygen atoms in total. The van der Waals surface area contributed by atoms with Crippen molar-refractivity contribution in [1.29, 1.82) is 5.26 Å². The molecule has 6 heteroatoms. The summed E-state index contributed by atoms with van der Waals surface area (Å²) in [6, 6.07) is 7.82. The predicted octanol–water partition coefficient (Wildman–Crippen LogP) is 3.16. The Bertz CT molecular complexity index is 487. The van der Waals surface area contributed by atoms with Crippen LogP contribution in [0.2, 0.25) is 0 Å². The standard InChI is InChI=1S/C13H12F3NO2/c14-13(15,16)19-11-3-1-2-10(8-11)12(9-17)4-6-18-7-5-12/h1-3,8H,4-7H2. The molecular weight excluding hydrogens is 259 g/mol. The lowest BCUT2D eigenvalue weighted by Crippen LogP contribution is -2.32. The highest BCUT2D eigenvalue weighted by molar-refractivity contribution is 5.38. The molecule has 0 saturated carbocycles.